The second kappa shape index (κ2) is 5.76. The van der Waals surface area contributed by atoms with Crippen LogP contribution in [0.15, 0.2) is 0 Å². The van der Waals surface area contributed by atoms with Gasteiger partial charge >= 0.3 is 6.03 Å². The van der Waals surface area contributed by atoms with Crippen LogP contribution in [0, 0.1) is 0 Å². The monoisotopic (exact) mass is 256 g/mol. The second-order valence-corrected chi connectivity index (χ2v) is 6.03. The van der Waals surface area contributed by atoms with E-state index in [1.54, 1.807) is 0 Å². The maximum absolute atomic E-state index is 11.2. The second-order valence-electron chi connectivity index (χ2n) is 4.76. The van der Waals surface area contributed by atoms with Gasteiger partial charge in [0.2, 0.25) is 0 Å². The minimum Gasteiger partial charge on any atom is -0.332 e. The number of carbonyl (C=O) groups is 2. The number of hydrogen-bond acceptors (Lipinski definition) is 3. The zero-order valence-corrected chi connectivity index (χ0v) is 11.0. The van der Waals surface area contributed by atoms with Gasteiger partial charge in [-0.25, -0.2) is 4.79 Å². The summed E-state index contributed by atoms with van der Waals surface area (Å²) in [7, 11) is 0. The lowest BCUT2D eigenvalue weighted by atomic mass is 10.0. The predicted molar refractivity (Wildman–Crippen MR) is 69.3 cm³/mol. The van der Waals surface area contributed by atoms with E-state index >= 15 is 0 Å². The van der Waals surface area contributed by atoms with E-state index < -0.39 is 0 Å². The van der Waals surface area contributed by atoms with Crippen LogP contribution in [0.4, 0.5) is 4.79 Å². The number of carbonyl (C=O) groups excluding carboxylic acids is 2. The Hall–Kier alpha value is -0.710. The van der Waals surface area contributed by atoms with Crippen LogP contribution >= 0.6 is 11.8 Å². The van der Waals surface area contributed by atoms with E-state index in [0.717, 1.165) is 25.0 Å². The number of hydrogen-bond donors (Lipinski definition) is 2. The molecule has 0 spiro atoms. The summed E-state index contributed by atoms with van der Waals surface area (Å²) in [5, 5.41) is 6.45. The Kier molecular flexibility index (Phi) is 4.31. The van der Waals surface area contributed by atoms with Crippen molar-refractivity contribution in [1.82, 2.24) is 10.6 Å². The average Bonchev–Trinajstić information content (AvgIpc) is 2.84. The van der Waals surface area contributed by atoms with Crippen molar-refractivity contribution in [2.75, 3.05) is 5.75 Å². The standard InChI is InChI=1S/C12H20N2O2S/c1-2-8(15)5-3-4-6-10-11-9(7-17-10)13-12(16)14-11/h9-11H,2-7H2,1H3,(H2,13,14,16)/t9-,10-,11-/m0/s1. The normalized spacial score (nSPS) is 30.9. The summed E-state index contributed by atoms with van der Waals surface area (Å²) in [6, 6.07) is 0.593. The number of nitrogens with one attached hydrogen (secondary N) is 2. The molecule has 3 atom stereocenters. The molecule has 2 rings (SSSR count). The molecule has 2 fully saturated rings. The summed E-state index contributed by atoms with van der Waals surface area (Å²) < 4.78 is 0. The molecule has 0 radical (unpaired) electrons. The molecule has 0 aromatic heterocycles. The van der Waals surface area contributed by atoms with Gasteiger partial charge in [-0.1, -0.05) is 13.3 Å². The van der Waals surface area contributed by atoms with E-state index in [9.17, 15) is 9.59 Å². The van der Waals surface area contributed by atoms with E-state index in [2.05, 4.69) is 10.6 Å². The maximum Gasteiger partial charge on any atom is 0.315 e. The maximum atomic E-state index is 11.2. The van der Waals surface area contributed by atoms with Crippen molar-refractivity contribution >= 4 is 23.6 Å². The largest absolute Gasteiger partial charge is 0.332 e. The summed E-state index contributed by atoms with van der Waals surface area (Å²) in [6.45, 7) is 1.92. The van der Waals surface area contributed by atoms with E-state index in [1.165, 1.54) is 0 Å². The van der Waals surface area contributed by atoms with Crippen LogP contribution < -0.4 is 10.6 Å². The first-order valence-corrected chi connectivity index (χ1v) is 7.46. The molecule has 2 N–H and O–H groups in total. The number of amides is 2. The molecule has 0 bridgehead atoms. The Bertz CT molecular complexity index is 309. The van der Waals surface area contributed by atoms with E-state index in [-0.39, 0.29) is 6.03 Å². The molecule has 2 amide bonds. The first-order chi connectivity index (χ1) is 8.20. The third kappa shape index (κ3) is 3.15. The van der Waals surface area contributed by atoms with Gasteiger partial charge in [0.15, 0.2) is 0 Å². The molecular formula is C12H20N2O2S. The molecule has 2 aliphatic heterocycles. The molecule has 2 heterocycles. The van der Waals surface area contributed by atoms with Gasteiger partial charge in [-0.15, -0.1) is 0 Å². The lowest BCUT2D eigenvalue weighted by molar-refractivity contribution is -0.118. The van der Waals surface area contributed by atoms with Crippen LogP contribution in [-0.4, -0.2) is 34.9 Å². The lowest BCUT2D eigenvalue weighted by Crippen LogP contribution is -2.36. The minimum atomic E-state index is -0.0218. The first kappa shape index (κ1) is 12.7. The summed E-state index contributed by atoms with van der Waals surface area (Å²) in [5.74, 6) is 1.37. The van der Waals surface area contributed by atoms with Gasteiger partial charge in [-0.05, 0) is 12.8 Å². The number of ketones is 1. The van der Waals surface area contributed by atoms with Gasteiger partial charge in [0.1, 0.15) is 5.78 Å². The number of Topliss-reactive ketones (excluding diaryl/α,β-unsaturated/α-hetero) is 1. The molecule has 0 unspecified atom stereocenters. The molecule has 5 heteroatoms. The highest BCUT2D eigenvalue weighted by Crippen LogP contribution is 2.33. The van der Waals surface area contributed by atoms with Crippen molar-refractivity contribution in [3.8, 4) is 0 Å². The van der Waals surface area contributed by atoms with E-state index in [4.69, 9.17) is 0 Å². The zero-order chi connectivity index (χ0) is 12.3. The fraction of sp³-hybridized carbons (Fsp3) is 0.833. The van der Waals surface area contributed by atoms with Crippen LogP contribution in [-0.2, 0) is 4.79 Å². The topological polar surface area (TPSA) is 58.2 Å². The number of unbranched alkanes of at least 4 members (excludes halogenated alkanes) is 1. The molecule has 0 saturated carbocycles. The van der Waals surface area contributed by atoms with Gasteiger partial charge in [-0.2, -0.15) is 11.8 Å². The Morgan fingerprint density at radius 3 is 3.00 bits per heavy atom. The lowest BCUT2D eigenvalue weighted by Gasteiger charge is -2.16. The van der Waals surface area contributed by atoms with Gasteiger partial charge in [-0.3, -0.25) is 4.79 Å². The molecule has 0 aromatic carbocycles. The van der Waals surface area contributed by atoms with Gasteiger partial charge in [0.05, 0.1) is 12.1 Å². The van der Waals surface area contributed by atoms with Crippen molar-refractivity contribution in [3.05, 3.63) is 0 Å². The summed E-state index contributed by atoms with van der Waals surface area (Å²) in [4.78, 5) is 22.3. The Labute approximate surface area is 106 Å². The summed E-state index contributed by atoms with van der Waals surface area (Å²) in [6.07, 6.45) is 4.55. The molecular weight excluding hydrogens is 236 g/mol. The van der Waals surface area contributed by atoms with E-state index in [0.29, 0.717) is 36.0 Å². The third-order valence-electron chi connectivity index (χ3n) is 3.53. The molecule has 17 heavy (non-hydrogen) atoms. The summed E-state index contributed by atoms with van der Waals surface area (Å²) in [5.41, 5.74) is 0. The van der Waals surface area contributed by atoms with Crippen LogP contribution in [0.1, 0.15) is 39.0 Å². The zero-order valence-electron chi connectivity index (χ0n) is 10.2. The van der Waals surface area contributed by atoms with Crippen molar-refractivity contribution in [2.24, 2.45) is 0 Å². The van der Waals surface area contributed by atoms with Crippen LogP contribution in [0.5, 0.6) is 0 Å². The van der Waals surface area contributed by atoms with Crippen molar-refractivity contribution in [2.45, 2.75) is 56.4 Å². The first-order valence-electron chi connectivity index (χ1n) is 6.41. The van der Waals surface area contributed by atoms with Crippen molar-refractivity contribution < 1.29 is 9.59 Å². The van der Waals surface area contributed by atoms with Gasteiger partial charge in [0.25, 0.3) is 0 Å². The van der Waals surface area contributed by atoms with Crippen LogP contribution in [0.25, 0.3) is 0 Å². The quantitative estimate of drug-likeness (QED) is 0.561. The van der Waals surface area contributed by atoms with Gasteiger partial charge < -0.3 is 10.6 Å². The molecule has 96 valence electrons. The Balaban J connectivity index is 1.66. The SMILES string of the molecule is CCC(=O)CCCC[C@@H]1SC[C@@H]2NC(=O)N[C@@H]21. The minimum absolute atomic E-state index is 0.0218. The smallest absolute Gasteiger partial charge is 0.315 e. The average molecular weight is 256 g/mol. The number of urea groups is 1. The van der Waals surface area contributed by atoms with E-state index in [1.807, 2.05) is 18.7 Å². The van der Waals surface area contributed by atoms with Crippen LogP contribution in [0.3, 0.4) is 0 Å². The Morgan fingerprint density at radius 1 is 1.41 bits per heavy atom. The predicted octanol–water partition coefficient (Wildman–Crippen LogP) is 1.69. The van der Waals surface area contributed by atoms with Crippen molar-refractivity contribution in [3.63, 3.8) is 0 Å². The number of fused-ring (bicyclic) bond motifs is 1. The molecule has 0 aromatic rings. The fourth-order valence-corrected chi connectivity index (χ4v) is 4.03. The highest BCUT2D eigenvalue weighted by molar-refractivity contribution is 8.00. The van der Waals surface area contributed by atoms with Crippen molar-refractivity contribution in [1.29, 1.82) is 0 Å². The third-order valence-corrected chi connectivity index (χ3v) is 5.04. The Morgan fingerprint density at radius 2 is 2.24 bits per heavy atom. The molecule has 2 aliphatic rings. The molecule has 4 nitrogen and oxygen atoms in total. The van der Waals surface area contributed by atoms with Gasteiger partial charge in [0, 0.05) is 23.8 Å². The molecule has 2 saturated heterocycles. The number of thioether (sulfide) groups is 1. The van der Waals surface area contributed by atoms with Crippen LogP contribution in [0.2, 0.25) is 0 Å². The number of rotatable bonds is 6. The molecule has 0 aliphatic carbocycles. The highest BCUT2D eigenvalue weighted by atomic mass is 32.2. The fourth-order valence-electron chi connectivity index (χ4n) is 2.49. The highest BCUT2D eigenvalue weighted by Gasteiger charge is 2.42. The summed E-state index contributed by atoms with van der Waals surface area (Å²) >= 11 is 1.94.